The second-order valence-corrected chi connectivity index (χ2v) is 6.88. The minimum Gasteiger partial charge on any atom is -0.494 e. The van der Waals surface area contributed by atoms with Crippen LogP contribution in [0.1, 0.15) is 23.7 Å². The molecule has 29 heavy (non-hydrogen) atoms. The number of anilines is 2. The first kappa shape index (κ1) is 18.7. The SMILES string of the molecule is CCOc1ccc(Nc2nc(C)c(Cc3cccc4ccccc34)c(=O)[nH]2)cc1. The number of aromatic nitrogens is 2. The van der Waals surface area contributed by atoms with Crippen molar-refractivity contribution < 1.29 is 4.74 Å². The summed E-state index contributed by atoms with van der Waals surface area (Å²) in [6.45, 7) is 4.45. The molecule has 5 heteroatoms. The van der Waals surface area contributed by atoms with Crippen LogP contribution in [0.4, 0.5) is 11.6 Å². The van der Waals surface area contributed by atoms with Gasteiger partial charge >= 0.3 is 0 Å². The molecule has 0 unspecified atom stereocenters. The van der Waals surface area contributed by atoms with Gasteiger partial charge in [0, 0.05) is 17.7 Å². The summed E-state index contributed by atoms with van der Waals surface area (Å²) < 4.78 is 5.45. The third-order valence-corrected chi connectivity index (χ3v) is 4.90. The molecule has 3 aromatic carbocycles. The second kappa shape index (κ2) is 8.19. The van der Waals surface area contributed by atoms with Crippen molar-refractivity contribution in [1.82, 2.24) is 9.97 Å². The van der Waals surface area contributed by atoms with Crippen molar-refractivity contribution in [3.05, 3.63) is 93.9 Å². The maximum Gasteiger partial charge on any atom is 0.256 e. The Labute approximate surface area is 169 Å². The number of fused-ring (bicyclic) bond motifs is 1. The molecule has 0 atom stereocenters. The Hall–Kier alpha value is -3.60. The molecule has 0 spiro atoms. The van der Waals surface area contributed by atoms with Gasteiger partial charge < -0.3 is 10.1 Å². The van der Waals surface area contributed by atoms with E-state index in [1.165, 1.54) is 5.39 Å². The summed E-state index contributed by atoms with van der Waals surface area (Å²) in [5.41, 5.74) is 3.22. The molecule has 1 heterocycles. The van der Waals surface area contributed by atoms with Crippen LogP contribution in [0.15, 0.2) is 71.5 Å². The van der Waals surface area contributed by atoms with E-state index in [-0.39, 0.29) is 5.56 Å². The van der Waals surface area contributed by atoms with Crippen molar-refractivity contribution in [2.75, 3.05) is 11.9 Å². The zero-order chi connectivity index (χ0) is 20.2. The van der Waals surface area contributed by atoms with Gasteiger partial charge in [0.05, 0.1) is 12.3 Å². The van der Waals surface area contributed by atoms with Gasteiger partial charge in [-0.05, 0) is 54.4 Å². The van der Waals surface area contributed by atoms with Crippen LogP contribution in [-0.4, -0.2) is 16.6 Å². The lowest BCUT2D eigenvalue weighted by Crippen LogP contribution is -2.18. The lowest BCUT2D eigenvalue weighted by Gasteiger charge is -2.11. The monoisotopic (exact) mass is 385 g/mol. The standard InChI is InChI=1S/C24H23N3O2/c1-3-29-20-13-11-19(12-14-20)26-24-25-16(2)22(23(28)27-24)15-18-9-6-8-17-7-4-5-10-21(17)18/h4-14H,3,15H2,1-2H3,(H2,25,26,27,28). The van der Waals surface area contributed by atoms with Crippen LogP contribution in [0.25, 0.3) is 10.8 Å². The summed E-state index contributed by atoms with van der Waals surface area (Å²) >= 11 is 0. The molecule has 0 bridgehead atoms. The van der Waals surface area contributed by atoms with E-state index >= 15 is 0 Å². The van der Waals surface area contributed by atoms with Crippen LogP contribution in [-0.2, 0) is 6.42 Å². The van der Waals surface area contributed by atoms with Crippen LogP contribution < -0.4 is 15.6 Å². The fraction of sp³-hybridized carbons (Fsp3) is 0.167. The number of hydrogen-bond acceptors (Lipinski definition) is 4. The molecule has 1 aromatic heterocycles. The molecule has 0 aliphatic rings. The van der Waals surface area contributed by atoms with Crippen molar-refractivity contribution >= 4 is 22.4 Å². The molecule has 0 aliphatic carbocycles. The summed E-state index contributed by atoms with van der Waals surface area (Å²) in [7, 11) is 0. The zero-order valence-corrected chi connectivity index (χ0v) is 16.5. The van der Waals surface area contributed by atoms with E-state index < -0.39 is 0 Å². The zero-order valence-electron chi connectivity index (χ0n) is 16.5. The summed E-state index contributed by atoms with van der Waals surface area (Å²) in [6, 6.07) is 21.9. The largest absolute Gasteiger partial charge is 0.494 e. The second-order valence-electron chi connectivity index (χ2n) is 6.88. The first-order valence-corrected chi connectivity index (χ1v) is 9.70. The van der Waals surface area contributed by atoms with Gasteiger partial charge in [0.2, 0.25) is 5.95 Å². The first-order chi connectivity index (χ1) is 14.1. The lowest BCUT2D eigenvalue weighted by molar-refractivity contribution is 0.340. The van der Waals surface area contributed by atoms with Crippen LogP contribution in [0.5, 0.6) is 5.75 Å². The Balaban J connectivity index is 1.59. The number of aromatic amines is 1. The Morgan fingerprint density at radius 3 is 2.52 bits per heavy atom. The number of aryl methyl sites for hydroxylation is 1. The Morgan fingerprint density at radius 1 is 1.00 bits per heavy atom. The minimum atomic E-state index is -0.126. The fourth-order valence-electron chi connectivity index (χ4n) is 3.45. The predicted octanol–water partition coefficient (Wildman–Crippen LogP) is 4.96. The molecule has 146 valence electrons. The van der Waals surface area contributed by atoms with E-state index in [2.05, 4.69) is 39.6 Å². The third kappa shape index (κ3) is 4.14. The van der Waals surface area contributed by atoms with Gasteiger partial charge in [-0.2, -0.15) is 0 Å². The molecule has 0 saturated carbocycles. The Kier molecular flexibility index (Phi) is 5.29. The quantitative estimate of drug-likeness (QED) is 0.492. The molecule has 5 nitrogen and oxygen atoms in total. The predicted molar refractivity (Wildman–Crippen MR) is 117 cm³/mol. The van der Waals surface area contributed by atoms with Crippen molar-refractivity contribution in [3.63, 3.8) is 0 Å². The molecule has 0 aliphatic heterocycles. The smallest absolute Gasteiger partial charge is 0.256 e. The van der Waals surface area contributed by atoms with E-state index in [1.54, 1.807) is 0 Å². The van der Waals surface area contributed by atoms with Crippen LogP contribution in [0.2, 0.25) is 0 Å². The maximum atomic E-state index is 12.8. The number of H-pyrrole nitrogens is 1. The van der Waals surface area contributed by atoms with Crippen molar-refractivity contribution in [2.24, 2.45) is 0 Å². The average Bonchev–Trinajstić information content (AvgIpc) is 2.72. The highest BCUT2D eigenvalue weighted by molar-refractivity contribution is 5.85. The van der Waals surface area contributed by atoms with Crippen LogP contribution >= 0.6 is 0 Å². The highest BCUT2D eigenvalue weighted by atomic mass is 16.5. The van der Waals surface area contributed by atoms with Gasteiger partial charge in [0.1, 0.15) is 5.75 Å². The topological polar surface area (TPSA) is 67.0 Å². The van der Waals surface area contributed by atoms with Crippen LogP contribution in [0, 0.1) is 6.92 Å². The van der Waals surface area contributed by atoms with E-state index in [0.717, 1.165) is 28.1 Å². The molecular weight excluding hydrogens is 362 g/mol. The third-order valence-electron chi connectivity index (χ3n) is 4.90. The van der Waals surface area contributed by atoms with E-state index in [0.29, 0.717) is 24.5 Å². The van der Waals surface area contributed by atoms with Crippen molar-refractivity contribution in [1.29, 1.82) is 0 Å². The molecular formula is C24H23N3O2. The van der Waals surface area contributed by atoms with Gasteiger partial charge in [-0.3, -0.25) is 9.78 Å². The van der Waals surface area contributed by atoms with Gasteiger partial charge in [-0.25, -0.2) is 4.98 Å². The number of hydrogen-bond donors (Lipinski definition) is 2. The van der Waals surface area contributed by atoms with E-state index in [4.69, 9.17) is 4.74 Å². The van der Waals surface area contributed by atoms with E-state index in [9.17, 15) is 4.79 Å². The Bertz CT molecular complexity index is 1190. The van der Waals surface area contributed by atoms with Gasteiger partial charge in [-0.1, -0.05) is 42.5 Å². The fourth-order valence-corrected chi connectivity index (χ4v) is 3.45. The summed E-state index contributed by atoms with van der Waals surface area (Å²) in [5, 5.41) is 5.48. The number of nitrogens with one attached hydrogen (secondary N) is 2. The normalized spacial score (nSPS) is 10.8. The Morgan fingerprint density at radius 2 is 1.76 bits per heavy atom. The number of nitrogens with zero attached hydrogens (tertiary/aromatic N) is 1. The van der Waals surface area contributed by atoms with E-state index in [1.807, 2.05) is 56.3 Å². The maximum absolute atomic E-state index is 12.8. The molecule has 4 rings (SSSR count). The van der Waals surface area contributed by atoms with Crippen molar-refractivity contribution in [2.45, 2.75) is 20.3 Å². The van der Waals surface area contributed by atoms with Gasteiger partial charge in [0.15, 0.2) is 0 Å². The summed E-state index contributed by atoms with van der Waals surface area (Å²) in [6.07, 6.45) is 0.541. The molecule has 0 radical (unpaired) electrons. The highest BCUT2D eigenvalue weighted by Crippen LogP contribution is 2.22. The van der Waals surface area contributed by atoms with Crippen LogP contribution in [0.3, 0.4) is 0 Å². The number of ether oxygens (including phenoxy) is 1. The molecule has 0 amide bonds. The minimum absolute atomic E-state index is 0.126. The lowest BCUT2D eigenvalue weighted by atomic mass is 9.98. The average molecular weight is 385 g/mol. The number of rotatable bonds is 6. The molecule has 0 saturated heterocycles. The van der Waals surface area contributed by atoms with Gasteiger partial charge in [0.25, 0.3) is 5.56 Å². The number of benzene rings is 3. The van der Waals surface area contributed by atoms with Crippen molar-refractivity contribution in [3.8, 4) is 5.75 Å². The summed E-state index contributed by atoms with van der Waals surface area (Å²) in [4.78, 5) is 20.2. The summed E-state index contributed by atoms with van der Waals surface area (Å²) in [5.74, 6) is 1.24. The molecule has 0 fully saturated rings. The first-order valence-electron chi connectivity index (χ1n) is 9.70. The molecule has 2 N–H and O–H groups in total. The highest BCUT2D eigenvalue weighted by Gasteiger charge is 2.11. The van der Waals surface area contributed by atoms with Gasteiger partial charge in [-0.15, -0.1) is 0 Å². The molecule has 4 aromatic rings.